The van der Waals surface area contributed by atoms with Gasteiger partial charge in [0.15, 0.2) is 11.8 Å². The van der Waals surface area contributed by atoms with E-state index in [1.54, 1.807) is 7.11 Å². The Balaban J connectivity index is 0.00000364. The summed E-state index contributed by atoms with van der Waals surface area (Å²) >= 11 is 0. The maximum Gasteiger partial charge on any atom is 0.191 e. The van der Waals surface area contributed by atoms with Gasteiger partial charge in [-0.1, -0.05) is 19.4 Å². The zero-order chi connectivity index (χ0) is 18.9. The second kappa shape index (κ2) is 11.8. The van der Waals surface area contributed by atoms with Crippen molar-refractivity contribution in [3.05, 3.63) is 41.0 Å². The minimum atomic E-state index is 0. The highest BCUT2D eigenvalue weighted by atomic mass is 127. The van der Waals surface area contributed by atoms with Crippen LogP contribution in [0.25, 0.3) is 0 Å². The van der Waals surface area contributed by atoms with Gasteiger partial charge >= 0.3 is 0 Å². The number of methoxy groups -OCH3 is 1. The van der Waals surface area contributed by atoms with Crippen molar-refractivity contribution in [3.63, 3.8) is 0 Å². The minimum absolute atomic E-state index is 0. The maximum atomic E-state index is 5.35. The Morgan fingerprint density at radius 1 is 1.19 bits per heavy atom. The standard InChI is InChI=1S/C19H30N6O.HI/c1-6-7-8-20-19(22-13-18-24-23-15(3)25(18)4)21-12-16-9-14(2)10-17(11-16)26-5;/h9-11H,6-8,12-13H2,1-5H3,(H2,20,21,22);1H. The number of halogens is 1. The van der Waals surface area contributed by atoms with Gasteiger partial charge in [0.25, 0.3) is 0 Å². The van der Waals surface area contributed by atoms with Crippen LogP contribution in [-0.2, 0) is 20.1 Å². The van der Waals surface area contributed by atoms with Crippen molar-refractivity contribution in [2.45, 2.75) is 46.7 Å². The predicted octanol–water partition coefficient (Wildman–Crippen LogP) is 3.09. The molecule has 1 aromatic carbocycles. The van der Waals surface area contributed by atoms with Crippen LogP contribution in [0.3, 0.4) is 0 Å². The fraction of sp³-hybridized carbons (Fsp3) is 0.526. The Hall–Kier alpha value is -1.84. The van der Waals surface area contributed by atoms with Crippen LogP contribution in [0.1, 0.15) is 42.5 Å². The monoisotopic (exact) mass is 486 g/mol. The number of hydrogen-bond acceptors (Lipinski definition) is 4. The molecule has 0 radical (unpaired) electrons. The number of aryl methyl sites for hydroxylation is 2. The molecule has 27 heavy (non-hydrogen) atoms. The third-order valence-electron chi connectivity index (χ3n) is 4.19. The van der Waals surface area contributed by atoms with Crippen molar-refractivity contribution < 1.29 is 4.74 Å². The highest BCUT2D eigenvalue weighted by Crippen LogP contribution is 2.17. The fourth-order valence-corrected chi connectivity index (χ4v) is 2.53. The number of hydrogen-bond donors (Lipinski definition) is 2. The highest BCUT2D eigenvalue weighted by Gasteiger charge is 2.06. The van der Waals surface area contributed by atoms with Crippen LogP contribution in [0, 0.1) is 13.8 Å². The first-order valence-corrected chi connectivity index (χ1v) is 9.05. The minimum Gasteiger partial charge on any atom is -0.497 e. The van der Waals surface area contributed by atoms with E-state index >= 15 is 0 Å². The van der Waals surface area contributed by atoms with Gasteiger partial charge in [-0.25, -0.2) is 4.99 Å². The second-order valence-corrected chi connectivity index (χ2v) is 6.38. The van der Waals surface area contributed by atoms with Crippen molar-refractivity contribution in [3.8, 4) is 5.75 Å². The van der Waals surface area contributed by atoms with Gasteiger partial charge in [0.05, 0.1) is 20.2 Å². The van der Waals surface area contributed by atoms with E-state index in [0.29, 0.717) is 13.1 Å². The lowest BCUT2D eigenvalue weighted by Crippen LogP contribution is -2.38. The molecule has 0 aliphatic heterocycles. The van der Waals surface area contributed by atoms with Crippen LogP contribution in [-0.4, -0.2) is 34.4 Å². The van der Waals surface area contributed by atoms with Gasteiger partial charge < -0.3 is 19.9 Å². The Morgan fingerprint density at radius 2 is 1.96 bits per heavy atom. The quantitative estimate of drug-likeness (QED) is 0.260. The van der Waals surface area contributed by atoms with Crippen molar-refractivity contribution >= 4 is 29.9 Å². The third-order valence-corrected chi connectivity index (χ3v) is 4.19. The Morgan fingerprint density at radius 3 is 2.59 bits per heavy atom. The first-order valence-electron chi connectivity index (χ1n) is 9.05. The first-order chi connectivity index (χ1) is 12.5. The smallest absolute Gasteiger partial charge is 0.191 e. The normalized spacial score (nSPS) is 11.1. The van der Waals surface area contributed by atoms with Gasteiger partial charge in [0.1, 0.15) is 11.6 Å². The molecule has 0 atom stereocenters. The SMILES string of the molecule is CCCCNC(=NCc1cc(C)cc(OC)c1)NCc1nnc(C)n1C.I. The average Bonchev–Trinajstić information content (AvgIpc) is 2.95. The van der Waals surface area contributed by atoms with E-state index in [0.717, 1.165) is 53.9 Å². The summed E-state index contributed by atoms with van der Waals surface area (Å²) in [7, 11) is 3.65. The summed E-state index contributed by atoms with van der Waals surface area (Å²) in [5.41, 5.74) is 2.28. The number of nitrogens with one attached hydrogen (secondary N) is 2. The lowest BCUT2D eigenvalue weighted by atomic mass is 10.1. The van der Waals surface area contributed by atoms with Crippen LogP contribution in [0.4, 0.5) is 0 Å². The molecule has 7 nitrogen and oxygen atoms in total. The molecule has 0 aliphatic rings. The zero-order valence-electron chi connectivity index (χ0n) is 16.9. The van der Waals surface area contributed by atoms with E-state index in [1.165, 1.54) is 0 Å². The predicted molar refractivity (Wildman–Crippen MR) is 120 cm³/mol. The van der Waals surface area contributed by atoms with E-state index in [2.05, 4.69) is 40.7 Å². The zero-order valence-corrected chi connectivity index (χ0v) is 19.2. The molecule has 0 spiro atoms. The van der Waals surface area contributed by atoms with Gasteiger partial charge in [0.2, 0.25) is 0 Å². The molecule has 2 aromatic rings. The Bertz CT molecular complexity index is 744. The fourth-order valence-electron chi connectivity index (χ4n) is 2.53. The molecule has 2 N–H and O–H groups in total. The van der Waals surface area contributed by atoms with Gasteiger partial charge in [-0.3, -0.25) is 0 Å². The molecule has 0 fully saturated rings. The Labute approximate surface area is 179 Å². The molecule has 150 valence electrons. The lowest BCUT2D eigenvalue weighted by molar-refractivity contribution is 0.414. The average molecular weight is 486 g/mol. The molecule has 0 bridgehead atoms. The van der Waals surface area contributed by atoms with Crippen molar-refractivity contribution in [1.29, 1.82) is 0 Å². The van der Waals surface area contributed by atoms with E-state index in [9.17, 15) is 0 Å². The van der Waals surface area contributed by atoms with E-state index in [-0.39, 0.29) is 24.0 Å². The summed E-state index contributed by atoms with van der Waals surface area (Å²) in [5, 5.41) is 15.0. The number of benzene rings is 1. The maximum absolute atomic E-state index is 5.35. The Kier molecular flexibility index (Phi) is 10.1. The number of guanidine groups is 1. The molecule has 0 saturated carbocycles. The molecule has 0 amide bonds. The number of unbranched alkanes of at least 4 members (excludes halogenated alkanes) is 1. The van der Waals surface area contributed by atoms with Gasteiger partial charge in [-0.15, -0.1) is 34.2 Å². The van der Waals surface area contributed by atoms with Crippen molar-refractivity contribution in [2.24, 2.45) is 12.0 Å². The first kappa shape index (κ1) is 23.2. The molecule has 2 rings (SSSR count). The largest absolute Gasteiger partial charge is 0.497 e. The summed E-state index contributed by atoms with van der Waals surface area (Å²) in [5.74, 6) is 3.41. The topological polar surface area (TPSA) is 76.4 Å². The summed E-state index contributed by atoms with van der Waals surface area (Å²) in [6.45, 7) is 8.22. The molecule has 0 aliphatic carbocycles. The van der Waals surface area contributed by atoms with E-state index in [1.807, 2.05) is 30.7 Å². The molecular formula is C19H31IN6O. The lowest BCUT2D eigenvalue weighted by Gasteiger charge is -2.12. The van der Waals surface area contributed by atoms with Crippen LogP contribution in [0.5, 0.6) is 5.75 Å². The highest BCUT2D eigenvalue weighted by molar-refractivity contribution is 14.0. The van der Waals surface area contributed by atoms with Gasteiger partial charge in [-0.05, 0) is 43.5 Å². The number of rotatable bonds is 8. The second-order valence-electron chi connectivity index (χ2n) is 6.38. The summed E-state index contributed by atoms with van der Waals surface area (Å²) in [6, 6.07) is 6.16. The van der Waals surface area contributed by atoms with Crippen LogP contribution in [0.2, 0.25) is 0 Å². The molecule has 1 heterocycles. The van der Waals surface area contributed by atoms with Crippen LogP contribution >= 0.6 is 24.0 Å². The molecule has 1 aromatic heterocycles. The summed E-state index contributed by atoms with van der Waals surface area (Å²) in [6.07, 6.45) is 2.24. The third kappa shape index (κ3) is 7.36. The van der Waals surface area contributed by atoms with Crippen molar-refractivity contribution in [1.82, 2.24) is 25.4 Å². The van der Waals surface area contributed by atoms with Crippen molar-refractivity contribution in [2.75, 3.05) is 13.7 Å². The van der Waals surface area contributed by atoms with E-state index < -0.39 is 0 Å². The van der Waals surface area contributed by atoms with Gasteiger partial charge in [-0.2, -0.15) is 0 Å². The number of aliphatic imine (C=N–C) groups is 1. The summed E-state index contributed by atoms with van der Waals surface area (Å²) in [4.78, 5) is 4.72. The van der Waals surface area contributed by atoms with Crippen LogP contribution in [0.15, 0.2) is 23.2 Å². The number of nitrogens with zero attached hydrogens (tertiary/aromatic N) is 4. The van der Waals surface area contributed by atoms with E-state index in [4.69, 9.17) is 9.73 Å². The van der Waals surface area contributed by atoms with Crippen LogP contribution < -0.4 is 15.4 Å². The summed E-state index contributed by atoms with van der Waals surface area (Å²) < 4.78 is 7.32. The molecule has 8 heteroatoms. The molecule has 0 saturated heterocycles. The number of aromatic nitrogens is 3. The number of ether oxygens (including phenoxy) is 1. The molecular weight excluding hydrogens is 455 g/mol. The molecule has 0 unspecified atom stereocenters. The van der Waals surface area contributed by atoms with Gasteiger partial charge in [0, 0.05) is 13.6 Å².